The summed E-state index contributed by atoms with van der Waals surface area (Å²) in [6.45, 7) is 0. The molecule has 1 aliphatic heterocycles. The van der Waals surface area contributed by atoms with E-state index in [1.807, 2.05) is 11.4 Å². The Morgan fingerprint density at radius 2 is 2.28 bits per heavy atom. The van der Waals surface area contributed by atoms with Gasteiger partial charge in [0.25, 0.3) is 0 Å². The third-order valence-electron chi connectivity index (χ3n) is 2.94. The van der Waals surface area contributed by atoms with Crippen LogP contribution in [0.2, 0.25) is 0 Å². The monoisotopic (exact) mass is 263 g/mol. The number of hydrogen-bond donors (Lipinski definition) is 2. The van der Waals surface area contributed by atoms with Crippen molar-refractivity contribution in [1.29, 1.82) is 0 Å². The summed E-state index contributed by atoms with van der Waals surface area (Å²) in [5.74, 6) is -0.605. The van der Waals surface area contributed by atoms with Crippen LogP contribution in [0.25, 0.3) is 0 Å². The van der Waals surface area contributed by atoms with E-state index in [2.05, 4.69) is 5.32 Å². The van der Waals surface area contributed by atoms with Crippen molar-refractivity contribution in [3.63, 3.8) is 0 Å². The number of benzene rings is 1. The number of hydrogen-bond acceptors (Lipinski definition) is 3. The van der Waals surface area contributed by atoms with E-state index in [0.29, 0.717) is 16.8 Å². The summed E-state index contributed by atoms with van der Waals surface area (Å²) in [4.78, 5) is 12.1. The van der Waals surface area contributed by atoms with Crippen LogP contribution in [0.3, 0.4) is 0 Å². The predicted octanol–water partition coefficient (Wildman–Crippen LogP) is 2.46. The van der Waals surface area contributed by atoms with E-state index >= 15 is 0 Å². The van der Waals surface area contributed by atoms with Gasteiger partial charge in [-0.25, -0.2) is 4.39 Å². The maximum Gasteiger partial charge on any atom is 0.228 e. The zero-order valence-electron chi connectivity index (χ0n) is 9.31. The molecule has 0 saturated heterocycles. The van der Waals surface area contributed by atoms with E-state index in [0.717, 1.165) is 4.88 Å². The number of amides is 1. The van der Waals surface area contributed by atoms with Crippen molar-refractivity contribution < 1.29 is 14.3 Å². The molecule has 0 bridgehead atoms. The van der Waals surface area contributed by atoms with E-state index < -0.39 is 11.9 Å². The molecule has 18 heavy (non-hydrogen) atoms. The molecule has 0 spiro atoms. The highest BCUT2D eigenvalue weighted by Gasteiger charge is 2.26. The average Bonchev–Trinajstić information content (AvgIpc) is 2.94. The highest BCUT2D eigenvalue weighted by molar-refractivity contribution is 7.10. The van der Waals surface area contributed by atoms with Crippen LogP contribution in [0.15, 0.2) is 29.6 Å². The van der Waals surface area contributed by atoms with Crippen molar-refractivity contribution in [2.24, 2.45) is 0 Å². The van der Waals surface area contributed by atoms with Gasteiger partial charge in [0.2, 0.25) is 5.91 Å². The van der Waals surface area contributed by atoms with Crippen LogP contribution in [-0.4, -0.2) is 11.0 Å². The number of thiophene rings is 1. The zero-order chi connectivity index (χ0) is 12.7. The summed E-state index contributed by atoms with van der Waals surface area (Å²) in [6, 6.07) is 6.21. The van der Waals surface area contributed by atoms with Crippen LogP contribution in [0, 0.1) is 5.82 Å². The summed E-state index contributed by atoms with van der Waals surface area (Å²) in [7, 11) is 0. The van der Waals surface area contributed by atoms with Crippen LogP contribution in [0.4, 0.5) is 10.1 Å². The molecular weight excluding hydrogens is 253 g/mol. The van der Waals surface area contributed by atoms with Gasteiger partial charge in [0.1, 0.15) is 11.9 Å². The second kappa shape index (κ2) is 4.19. The lowest BCUT2D eigenvalue weighted by atomic mass is 10.0. The van der Waals surface area contributed by atoms with E-state index in [-0.39, 0.29) is 12.3 Å². The maximum absolute atomic E-state index is 13.5. The molecule has 92 valence electrons. The Bertz CT molecular complexity index is 610. The van der Waals surface area contributed by atoms with Crippen LogP contribution in [0.5, 0.6) is 0 Å². The topological polar surface area (TPSA) is 49.3 Å². The number of aliphatic hydroxyl groups excluding tert-OH is 1. The van der Waals surface area contributed by atoms with Gasteiger partial charge in [0, 0.05) is 10.4 Å². The van der Waals surface area contributed by atoms with Gasteiger partial charge in [-0.1, -0.05) is 6.07 Å². The van der Waals surface area contributed by atoms with Gasteiger partial charge < -0.3 is 10.4 Å². The molecule has 0 saturated carbocycles. The normalized spacial score (nSPS) is 15.3. The van der Waals surface area contributed by atoms with Crippen molar-refractivity contribution in [3.8, 4) is 0 Å². The highest BCUT2D eigenvalue weighted by Crippen LogP contribution is 2.36. The number of anilines is 1. The van der Waals surface area contributed by atoms with Gasteiger partial charge in [-0.3, -0.25) is 4.79 Å². The molecule has 5 heteroatoms. The first-order valence-electron chi connectivity index (χ1n) is 5.49. The van der Waals surface area contributed by atoms with Crippen LogP contribution >= 0.6 is 11.3 Å². The van der Waals surface area contributed by atoms with Crippen LogP contribution in [0.1, 0.15) is 22.1 Å². The molecule has 0 radical (unpaired) electrons. The van der Waals surface area contributed by atoms with Crippen molar-refractivity contribution in [3.05, 3.63) is 51.5 Å². The lowest BCUT2D eigenvalue weighted by Crippen LogP contribution is -2.07. The lowest BCUT2D eigenvalue weighted by Gasteiger charge is -2.13. The van der Waals surface area contributed by atoms with E-state index in [1.165, 1.54) is 23.5 Å². The summed E-state index contributed by atoms with van der Waals surface area (Å²) >= 11 is 1.39. The lowest BCUT2D eigenvalue weighted by molar-refractivity contribution is -0.115. The number of rotatable bonds is 2. The third kappa shape index (κ3) is 1.81. The Labute approximate surface area is 107 Å². The molecule has 1 unspecified atom stereocenters. The first kappa shape index (κ1) is 11.4. The summed E-state index contributed by atoms with van der Waals surface area (Å²) in [5.41, 5.74) is 1.56. The quantitative estimate of drug-likeness (QED) is 0.874. The largest absolute Gasteiger partial charge is 0.383 e. The molecular formula is C13H10FNO2S. The van der Waals surface area contributed by atoms with Gasteiger partial charge in [-0.2, -0.15) is 0 Å². The van der Waals surface area contributed by atoms with Crippen LogP contribution in [-0.2, 0) is 11.2 Å². The number of aliphatic hydroxyl groups is 1. The van der Waals surface area contributed by atoms with Crippen LogP contribution < -0.4 is 5.32 Å². The fourth-order valence-corrected chi connectivity index (χ4v) is 2.88. The molecule has 2 aromatic rings. The molecule has 2 N–H and O–H groups in total. The molecule has 1 aromatic heterocycles. The SMILES string of the molecule is O=C1Cc2cc(F)cc(C(O)c3cccs3)c2N1. The van der Waals surface area contributed by atoms with E-state index in [4.69, 9.17) is 0 Å². The number of carbonyl (C=O) groups is 1. The molecule has 1 amide bonds. The Morgan fingerprint density at radius 1 is 1.44 bits per heavy atom. The summed E-state index contributed by atoms with van der Waals surface area (Å²) in [6.07, 6.45) is -0.745. The van der Waals surface area contributed by atoms with Gasteiger partial charge in [-0.05, 0) is 29.1 Å². The van der Waals surface area contributed by atoms with Crippen molar-refractivity contribution >= 4 is 22.9 Å². The van der Waals surface area contributed by atoms with Gasteiger partial charge >= 0.3 is 0 Å². The van der Waals surface area contributed by atoms with E-state index in [9.17, 15) is 14.3 Å². The minimum Gasteiger partial charge on any atom is -0.383 e. The molecule has 1 atom stereocenters. The number of fused-ring (bicyclic) bond motifs is 1. The second-order valence-electron chi connectivity index (χ2n) is 4.17. The minimum absolute atomic E-state index is 0.164. The zero-order valence-corrected chi connectivity index (χ0v) is 10.1. The molecule has 0 aliphatic carbocycles. The van der Waals surface area contributed by atoms with E-state index in [1.54, 1.807) is 6.07 Å². The maximum atomic E-state index is 13.5. The fourth-order valence-electron chi connectivity index (χ4n) is 2.15. The third-order valence-corrected chi connectivity index (χ3v) is 3.86. The molecule has 2 heterocycles. The Morgan fingerprint density at radius 3 is 3.00 bits per heavy atom. The Kier molecular flexibility index (Phi) is 2.65. The van der Waals surface area contributed by atoms with Gasteiger partial charge in [0.15, 0.2) is 0 Å². The van der Waals surface area contributed by atoms with Gasteiger partial charge in [-0.15, -0.1) is 11.3 Å². The first-order valence-corrected chi connectivity index (χ1v) is 6.37. The second-order valence-corrected chi connectivity index (χ2v) is 5.15. The molecule has 1 aliphatic rings. The average molecular weight is 263 g/mol. The molecule has 3 nitrogen and oxygen atoms in total. The Balaban J connectivity index is 2.10. The Hall–Kier alpha value is -1.72. The molecule has 3 rings (SSSR count). The van der Waals surface area contributed by atoms with Crippen molar-refractivity contribution in [2.45, 2.75) is 12.5 Å². The number of carbonyl (C=O) groups excluding carboxylic acids is 1. The minimum atomic E-state index is -0.909. The predicted molar refractivity (Wildman–Crippen MR) is 67.1 cm³/mol. The van der Waals surface area contributed by atoms with Gasteiger partial charge in [0.05, 0.1) is 12.1 Å². The standard InChI is InChI=1S/C13H10FNO2S/c14-8-4-7-5-11(16)15-12(7)9(6-8)13(17)10-2-1-3-18-10/h1-4,6,13,17H,5H2,(H,15,16). The number of halogens is 1. The summed E-state index contributed by atoms with van der Waals surface area (Å²) < 4.78 is 13.5. The highest BCUT2D eigenvalue weighted by atomic mass is 32.1. The molecule has 1 aromatic carbocycles. The fraction of sp³-hybridized carbons (Fsp3) is 0.154. The molecule has 0 fully saturated rings. The smallest absolute Gasteiger partial charge is 0.228 e. The number of nitrogens with one attached hydrogen (secondary N) is 1. The first-order chi connectivity index (χ1) is 8.65. The van der Waals surface area contributed by atoms with Crippen molar-refractivity contribution in [2.75, 3.05) is 5.32 Å². The van der Waals surface area contributed by atoms with Crippen molar-refractivity contribution in [1.82, 2.24) is 0 Å². The summed E-state index contributed by atoms with van der Waals surface area (Å²) in [5, 5.41) is 14.8.